The lowest BCUT2D eigenvalue weighted by atomic mass is 10.1. The maximum Gasteiger partial charge on any atom is 0.234 e. The first-order valence-electron chi connectivity index (χ1n) is 8.25. The molecular weight excluding hydrogens is 346 g/mol. The van der Waals surface area contributed by atoms with E-state index in [9.17, 15) is 0 Å². The van der Waals surface area contributed by atoms with Gasteiger partial charge in [0.05, 0.1) is 5.71 Å². The summed E-state index contributed by atoms with van der Waals surface area (Å²) in [6.45, 7) is 2.13. The highest BCUT2D eigenvalue weighted by Crippen LogP contribution is 2.18. The van der Waals surface area contributed by atoms with Crippen molar-refractivity contribution in [2.45, 2.75) is 20.0 Å². The number of benzene rings is 2. The van der Waals surface area contributed by atoms with E-state index >= 15 is 0 Å². The molecule has 0 aliphatic rings. The molecule has 130 valence electrons. The van der Waals surface area contributed by atoms with Crippen LogP contribution >= 0.6 is 11.3 Å². The molecule has 0 unspecified atom stereocenters. The van der Waals surface area contributed by atoms with Gasteiger partial charge < -0.3 is 4.84 Å². The van der Waals surface area contributed by atoms with Crippen LogP contribution in [0.25, 0.3) is 4.96 Å². The predicted molar refractivity (Wildman–Crippen MR) is 101 cm³/mol. The zero-order chi connectivity index (χ0) is 17.8. The molecule has 2 aromatic heterocycles. The van der Waals surface area contributed by atoms with E-state index in [-0.39, 0.29) is 6.61 Å². The lowest BCUT2D eigenvalue weighted by Gasteiger charge is -2.01. The summed E-state index contributed by atoms with van der Waals surface area (Å²) in [7, 11) is 0. The molecular formula is C19H17N5OS. The molecule has 0 fully saturated rings. The molecule has 0 aliphatic heterocycles. The van der Waals surface area contributed by atoms with Crippen molar-refractivity contribution in [1.82, 2.24) is 19.8 Å². The number of hydrogen-bond donors (Lipinski definition) is 0. The van der Waals surface area contributed by atoms with Gasteiger partial charge in [-0.3, -0.25) is 0 Å². The van der Waals surface area contributed by atoms with E-state index in [4.69, 9.17) is 4.84 Å². The van der Waals surface area contributed by atoms with E-state index in [1.54, 1.807) is 4.52 Å². The third kappa shape index (κ3) is 3.62. The van der Waals surface area contributed by atoms with Gasteiger partial charge in [-0.2, -0.15) is 9.61 Å². The molecule has 0 spiro atoms. The summed E-state index contributed by atoms with van der Waals surface area (Å²) in [5.74, 6) is 0.639. The Morgan fingerprint density at radius 2 is 1.77 bits per heavy atom. The van der Waals surface area contributed by atoms with Crippen LogP contribution in [0.1, 0.15) is 28.9 Å². The van der Waals surface area contributed by atoms with Crippen LogP contribution in [0.4, 0.5) is 0 Å². The van der Waals surface area contributed by atoms with Crippen molar-refractivity contribution in [3.05, 3.63) is 82.6 Å². The fourth-order valence-electron chi connectivity index (χ4n) is 2.55. The number of rotatable bonds is 6. The Balaban J connectivity index is 1.45. The van der Waals surface area contributed by atoms with Crippen molar-refractivity contribution in [2.24, 2.45) is 5.16 Å². The van der Waals surface area contributed by atoms with E-state index in [0.29, 0.717) is 5.82 Å². The van der Waals surface area contributed by atoms with E-state index in [2.05, 4.69) is 32.6 Å². The Kier molecular flexibility index (Phi) is 4.70. The van der Waals surface area contributed by atoms with Crippen LogP contribution in [-0.2, 0) is 17.9 Å². The molecule has 0 saturated heterocycles. The van der Waals surface area contributed by atoms with Gasteiger partial charge in [0, 0.05) is 6.42 Å². The Morgan fingerprint density at radius 3 is 2.54 bits per heavy atom. The van der Waals surface area contributed by atoms with Crippen molar-refractivity contribution in [1.29, 1.82) is 0 Å². The number of nitrogens with zero attached hydrogens (tertiary/aromatic N) is 5. The molecule has 0 saturated carbocycles. The summed E-state index contributed by atoms with van der Waals surface area (Å²) >= 11 is 1.54. The Labute approximate surface area is 154 Å². The van der Waals surface area contributed by atoms with Gasteiger partial charge in [0.15, 0.2) is 12.4 Å². The predicted octanol–water partition coefficient (Wildman–Crippen LogP) is 3.72. The van der Waals surface area contributed by atoms with E-state index in [1.807, 2.05) is 55.5 Å². The van der Waals surface area contributed by atoms with Crippen molar-refractivity contribution >= 4 is 22.0 Å². The van der Waals surface area contributed by atoms with Crippen molar-refractivity contribution in [3.8, 4) is 0 Å². The first kappa shape index (κ1) is 16.4. The zero-order valence-electron chi connectivity index (χ0n) is 14.2. The van der Waals surface area contributed by atoms with Gasteiger partial charge in [0.25, 0.3) is 0 Å². The van der Waals surface area contributed by atoms with Gasteiger partial charge >= 0.3 is 0 Å². The average molecular weight is 363 g/mol. The highest BCUT2D eigenvalue weighted by atomic mass is 32.1. The first-order chi connectivity index (χ1) is 12.8. The van der Waals surface area contributed by atoms with Gasteiger partial charge in [-0.25, -0.2) is 0 Å². The number of aromatic nitrogens is 4. The normalized spacial score (nSPS) is 11.8. The monoisotopic (exact) mass is 363 g/mol. The maximum atomic E-state index is 5.46. The highest BCUT2D eigenvalue weighted by molar-refractivity contribution is 7.16. The quantitative estimate of drug-likeness (QED) is 0.387. The fourth-order valence-corrected chi connectivity index (χ4v) is 3.43. The molecule has 6 nitrogen and oxygen atoms in total. The zero-order valence-corrected chi connectivity index (χ0v) is 15.1. The molecule has 0 bridgehead atoms. The van der Waals surface area contributed by atoms with Gasteiger partial charge in [-0.05, 0) is 18.1 Å². The maximum absolute atomic E-state index is 5.46. The summed E-state index contributed by atoms with van der Waals surface area (Å²) in [4.78, 5) is 6.22. The molecule has 7 heteroatoms. The Bertz CT molecular complexity index is 1020. The topological polar surface area (TPSA) is 64.7 Å². The van der Waals surface area contributed by atoms with E-state index in [0.717, 1.165) is 27.7 Å². The van der Waals surface area contributed by atoms with Crippen molar-refractivity contribution in [2.75, 3.05) is 0 Å². The summed E-state index contributed by atoms with van der Waals surface area (Å²) in [5.41, 5.74) is 3.06. The minimum Gasteiger partial charge on any atom is -0.387 e. The van der Waals surface area contributed by atoms with Gasteiger partial charge in [-0.15, -0.1) is 10.2 Å². The lowest BCUT2D eigenvalue weighted by Crippen LogP contribution is -2.01. The van der Waals surface area contributed by atoms with Gasteiger partial charge in [-0.1, -0.05) is 77.2 Å². The van der Waals surface area contributed by atoms with Crippen LogP contribution in [-0.4, -0.2) is 25.5 Å². The molecule has 0 aliphatic carbocycles. The van der Waals surface area contributed by atoms with Crippen LogP contribution < -0.4 is 0 Å². The third-order valence-corrected chi connectivity index (χ3v) is 4.78. The molecule has 0 atom stereocenters. The second-order valence-corrected chi connectivity index (χ2v) is 6.83. The first-order valence-corrected chi connectivity index (χ1v) is 9.07. The summed E-state index contributed by atoms with van der Waals surface area (Å²) in [5, 5.41) is 18.1. The van der Waals surface area contributed by atoms with E-state index in [1.165, 1.54) is 16.9 Å². The van der Waals surface area contributed by atoms with E-state index < -0.39 is 0 Å². The van der Waals surface area contributed by atoms with Crippen molar-refractivity contribution < 1.29 is 4.84 Å². The van der Waals surface area contributed by atoms with Crippen LogP contribution in [0.3, 0.4) is 0 Å². The van der Waals surface area contributed by atoms with Gasteiger partial charge in [0.2, 0.25) is 4.96 Å². The largest absolute Gasteiger partial charge is 0.387 e. The molecule has 4 rings (SSSR count). The molecule has 26 heavy (non-hydrogen) atoms. The Hall–Kier alpha value is -3.06. The number of fused-ring (bicyclic) bond motifs is 1. The molecule has 4 aromatic rings. The van der Waals surface area contributed by atoms with Crippen molar-refractivity contribution in [3.63, 3.8) is 0 Å². The standard InChI is InChI=1S/C19H17N5OS/c1-14(16-10-6-3-7-11-16)23-25-13-17-20-21-19-24(17)22-18(26-19)12-15-8-4-2-5-9-15/h2-11H,12-13H2,1H3/b23-14+. The van der Waals surface area contributed by atoms with Crippen LogP contribution in [0.2, 0.25) is 0 Å². The lowest BCUT2D eigenvalue weighted by molar-refractivity contribution is 0.123. The Morgan fingerprint density at radius 1 is 1.04 bits per heavy atom. The van der Waals surface area contributed by atoms with Gasteiger partial charge in [0.1, 0.15) is 5.01 Å². The molecule has 0 radical (unpaired) electrons. The highest BCUT2D eigenvalue weighted by Gasteiger charge is 2.12. The van der Waals surface area contributed by atoms with Crippen LogP contribution in [0, 0.1) is 0 Å². The molecule has 2 aromatic carbocycles. The van der Waals surface area contributed by atoms with Crippen LogP contribution in [0.15, 0.2) is 65.8 Å². The number of hydrogen-bond acceptors (Lipinski definition) is 6. The summed E-state index contributed by atoms with van der Waals surface area (Å²) in [6, 6.07) is 20.2. The molecule has 2 heterocycles. The summed E-state index contributed by atoms with van der Waals surface area (Å²) < 4.78 is 1.73. The summed E-state index contributed by atoms with van der Waals surface area (Å²) in [6.07, 6.45) is 0.778. The number of oxime groups is 1. The second-order valence-electron chi connectivity index (χ2n) is 5.78. The average Bonchev–Trinajstić information content (AvgIpc) is 3.24. The SMILES string of the molecule is C/C(=N\OCc1nnc2sc(Cc3ccccc3)nn12)c1ccccc1. The third-order valence-electron chi connectivity index (χ3n) is 3.88. The smallest absolute Gasteiger partial charge is 0.234 e. The molecule has 0 N–H and O–H groups in total. The fraction of sp³-hybridized carbons (Fsp3) is 0.158. The van der Waals surface area contributed by atoms with Crippen LogP contribution in [0.5, 0.6) is 0 Å². The minimum atomic E-state index is 0.222. The molecule has 0 amide bonds. The second kappa shape index (κ2) is 7.45. The minimum absolute atomic E-state index is 0.222.